The van der Waals surface area contributed by atoms with Gasteiger partial charge in [0.2, 0.25) is 0 Å². The highest BCUT2D eigenvalue weighted by Gasteiger charge is 2.17. The predicted molar refractivity (Wildman–Crippen MR) is 115 cm³/mol. The number of aromatic amines is 1. The van der Waals surface area contributed by atoms with Crippen molar-refractivity contribution in [1.82, 2.24) is 25.2 Å². The zero-order valence-corrected chi connectivity index (χ0v) is 17.8. The zero-order chi connectivity index (χ0) is 21.8. The standard InChI is InChI=1S/C21H23ClFN5O3/c1-13(28-6-8-30-9-7-28)25-11-18-20-15(4-5-24-18)21(29)27-19(26-20)12-31-14-2-3-17(23)16(22)10-14/h2-5,10,13,25H,6-9,11-12H2,1H3,(H,26,27,29). The van der Waals surface area contributed by atoms with Gasteiger partial charge in [0.15, 0.2) is 0 Å². The largest absolute Gasteiger partial charge is 0.486 e. The quantitative estimate of drug-likeness (QED) is 0.574. The van der Waals surface area contributed by atoms with E-state index in [0.29, 0.717) is 34.7 Å². The lowest BCUT2D eigenvalue weighted by Crippen LogP contribution is -2.48. The second kappa shape index (κ2) is 9.69. The predicted octanol–water partition coefficient (Wildman–Crippen LogP) is 2.46. The molecular weight excluding hydrogens is 425 g/mol. The Bertz CT molecular complexity index is 1120. The van der Waals surface area contributed by atoms with Crippen molar-refractivity contribution in [2.24, 2.45) is 0 Å². The van der Waals surface area contributed by atoms with E-state index in [1.54, 1.807) is 12.3 Å². The Labute approximate surface area is 183 Å². The average molecular weight is 448 g/mol. The number of ether oxygens (including phenoxy) is 2. The third-order valence-corrected chi connectivity index (χ3v) is 5.46. The van der Waals surface area contributed by atoms with Crippen LogP contribution in [0.25, 0.3) is 10.9 Å². The van der Waals surface area contributed by atoms with Crippen LogP contribution in [0.3, 0.4) is 0 Å². The van der Waals surface area contributed by atoms with Gasteiger partial charge in [-0.1, -0.05) is 11.6 Å². The summed E-state index contributed by atoms with van der Waals surface area (Å²) in [5.74, 6) is 0.191. The Kier molecular flexibility index (Phi) is 6.77. The molecule has 0 spiro atoms. The number of H-pyrrole nitrogens is 1. The number of pyridine rings is 1. The highest BCUT2D eigenvalue weighted by Crippen LogP contribution is 2.21. The molecule has 0 bridgehead atoms. The third kappa shape index (κ3) is 5.19. The monoisotopic (exact) mass is 447 g/mol. The molecule has 0 amide bonds. The van der Waals surface area contributed by atoms with Crippen molar-refractivity contribution in [3.63, 3.8) is 0 Å². The van der Waals surface area contributed by atoms with Crippen LogP contribution < -0.4 is 15.6 Å². The maximum Gasteiger partial charge on any atom is 0.258 e. The van der Waals surface area contributed by atoms with Gasteiger partial charge >= 0.3 is 0 Å². The van der Waals surface area contributed by atoms with Crippen LogP contribution in [0.4, 0.5) is 4.39 Å². The van der Waals surface area contributed by atoms with Crippen LogP contribution in [-0.2, 0) is 17.9 Å². The summed E-state index contributed by atoms with van der Waals surface area (Å²) in [5, 5.41) is 3.86. The summed E-state index contributed by atoms with van der Waals surface area (Å²) in [6, 6.07) is 5.70. The van der Waals surface area contributed by atoms with Crippen LogP contribution in [0.1, 0.15) is 18.4 Å². The van der Waals surface area contributed by atoms with E-state index in [2.05, 4.69) is 32.1 Å². The van der Waals surface area contributed by atoms with Crippen LogP contribution in [0.15, 0.2) is 35.3 Å². The van der Waals surface area contributed by atoms with Crippen LogP contribution in [0.2, 0.25) is 5.02 Å². The molecule has 1 fully saturated rings. The summed E-state index contributed by atoms with van der Waals surface area (Å²) in [6.07, 6.45) is 1.74. The number of halogens is 2. The van der Waals surface area contributed by atoms with E-state index < -0.39 is 5.82 Å². The van der Waals surface area contributed by atoms with Crippen molar-refractivity contribution < 1.29 is 13.9 Å². The molecule has 1 atom stereocenters. The number of nitrogens with one attached hydrogen (secondary N) is 2. The number of hydrogen-bond acceptors (Lipinski definition) is 7. The lowest BCUT2D eigenvalue weighted by molar-refractivity contribution is 0.0127. The first kappa shape index (κ1) is 21.6. The van der Waals surface area contributed by atoms with Gasteiger partial charge in [0, 0.05) is 31.9 Å². The minimum Gasteiger partial charge on any atom is -0.486 e. The van der Waals surface area contributed by atoms with E-state index in [9.17, 15) is 9.18 Å². The lowest BCUT2D eigenvalue weighted by Gasteiger charge is -2.32. The molecule has 3 heterocycles. The molecule has 164 valence electrons. The minimum atomic E-state index is -0.527. The molecule has 10 heteroatoms. The Morgan fingerprint density at radius 1 is 1.35 bits per heavy atom. The fraction of sp³-hybridized carbons (Fsp3) is 0.381. The number of fused-ring (bicyclic) bond motifs is 1. The van der Waals surface area contributed by atoms with Crippen molar-refractivity contribution >= 4 is 22.5 Å². The molecule has 2 N–H and O–H groups in total. The number of benzene rings is 1. The third-order valence-electron chi connectivity index (χ3n) is 5.17. The number of nitrogens with zero attached hydrogens (tertiary/aromatic N) is 3. The summed E-state index contributed by atoms with van der Waals surface area (Å²) in [6.45, 7) is 5.72. The number of rotatable bonds is 7. The second-order valence-corrected chi connectivity index (χ2v) is 7.64. The van der Waals surface area contributed by atoms with Gasteiger partial charge in [-0.25, -0.2) is 9.37 Å². The summed E-state index contributed by atoms with van der Waals surface area (Å²) >= 11 is 5.78. The van der Waals surface area contributed by atoms with Crippen LogP contribution in [0.5, 0.6) is 5.75 Å². The topological polar surface area (TPSA) is 92.4 Å². The number of aromatic nitrogens is 3. The first-order chi connectivity index (χ1) is 15.0. The molecule has 1 aliphatic heterocycles. The van der Waals surface area contributed by atoms with E-state index in [0.717, 1.165) is 26.3 Å². The van der Waals surface area contributed by atoms with Gasteiger partial charge in [0.25, 0.3) is 5.56 Å². The lowest BCUT2D eigenvalue weighted by atomic mass is 10.2. The Hall–Kier alpha value is -2.59. The van der Waals surface area contributed by atoms with Crippen molar-refractivity contribution in [3.05, 3.63) is 63.2 Å². The smallest absolute Gasteiger partial charge is 0.258 e. The highest BCUT2D eigenvalue weighted by atomic mass is 35.5. The molecule has 1 saturated heterocycles. The minimum absolute atomic E-state index is 0.000908. The molecular formula is C21H23ClFN5O3. The summed E-state index contributed by atoms with van der Waals surface area (Å²) in [5.41, 5.74) is 0.920. The van der Waals surface area contributed by atoms with Crippen LogP contribution in [-0.4, -0.2) is 52.3 Å². The van der Waals surface area contributed by atoms with Crippen LogP contribution in [0, 0.1) is 5.82 Å². The van der Waals surface area contributed by atoms with E-state index >= 15 is 0 Å². The molecule has 1 aliphatic rings. The Morgan fingerprint density at radius 3 is 2.94 bits per heavy atom. The molecule has 1 aromatic carbocycles. The van der Waals surface area contributed by atoms with E-state index in [4.69, 9.17) is 21.1 Å². The Balaban J connectivity index is 1.51. The number of hydrogen-bond donors (Lipinski definition) is 2. The summed E-state index contributed by atoms with van der Waals surface area (Å²) in [7, 11) is 0. The second-order valence-electron chi connectivity index (χ2n) is 7.24. The SMILES string of the molecule is CC(NCc1nccc2c(=O)[nH]c(COc3ccc(F)c(Cl)c3)nc12)N1CCOCC1. The van der Waals surface area contributed by atoms with Crippen LogP contribution >= 0.6 is 11.6 Å². The van der Waals surface area contributed by atoms with Gasteiger partial charge in [-0.2, -0.15) is 0 Å². The van der Waals surface area contributed by atoms with Gasteiger partial charge in [-0.3, -0.25) is 20.0 Å². The summed E-state index contributed by atoms with van der Waals surface area (Å²) < 4.78 is 24.3. The van der Waals surface area contributed by atoms with Gasteiger partial charge in [0.05, 0.1) is 35.5 Å². The molecule has 8 nitrogen and oxygen atoms in total. The molecule has 4 rings (SSSR count). The molecule has 2 aromatic heterocycles. The molecule has 3 aromatic rings. The molecule has 31 heavy (non-hydrogen) atoms. The molecule has 0 radical (unpaired) electrons. The molecule has 1 unspecified atom stereocenters. The first-order valence-electron chi connectivity index (χ1n) is 10.0. The van der Waals surface area contributed by atoms with Gasteiger partial charge in [0.1, 0.15) is 29.5 Å². The summed E-state index contributed by atoms with van der Waals surface area (Å²) in [4.78, 5) is 26.6. The van der Waals surface area contributed by atoms with Gasteiger partial charge < -0.3 is 14.5 Å². The van der Waals surface area contributed by atoms with Crippen molar-refractivity contribution in [1.29, 1.82) is 0 Å². The van der Waals surface area contributed by atoms with Crippen molar-refractivity contribution in [3.8, 4) is 5.75 Å². The number of morpholine rings is 1. The first-order valence-corrected chi connectivity index (χ1v) is 10.4. The van der Waals surface area contributed by atoms with Gasteiger partial charge in [-0.15, -0.1) is 0 Å². The fourth-order valence-electron chi connectivity index (χ4n) is 3.42. The Morgan fingerprint density at radius 2 is 2.16 bits per heavy atom. The average Bonchev–Trinajstić information content (AvgIpc) is 2.79. The van der Waals surface area contributed by atoms with E-state index in [-0.39, 0.29) is 23.4 Å². The van der Waals surface area contributed by atoms with Gasteiger partial charge in [-0.05, 0) is 25.1 Å². The molecule has 0 aliphatic carbocycles. The van der Waals surface area contributed by atoms with E-state index in [1.807, 2.05) is 0 Å². The highest BCUT2D eigenvalue weighted by molar-refractivity contribution is 6.30. The van der Waals surface area contributed by atoms with Crippen molar-refractivity contribution in [2.45, 2.75) is 26.2 Å². The normalized spacial score (nSPS) is 15.8. The van der Waals surface area contributed by atoms with Crippen molar-refractivity contribution in [2.75, 3.05) is 26.3 Å². The maximum absolute atomic E-state index is 13.3. The fourth-order valence-corrected chi connectivity index (χ4v) is 3.59. The maximum atomic E-state index is 13.3. The zero-order valence-electron chi connectivity index (χ0n) is 17.0. The van der Waals surface area contributed by atoms with E-state index in [1.165, 1.54) is 18.2 Å². The molecule has 0 saturated carbocycles.